The quantitative estimate of drug-likeness (QED) is 0.227. The zero-order valence-electron chi connectivity index (χ0n) is 27.5. The van der Waals surface area contributed by atoms with Crippen LogP contribution < -0.4 is 20.1 Å². The maximum Gasteiger partial charge on any atom is 0.262 e. The maximum absolute atomic E-state index is 13.2. The number of hydrogen-bond acceptors (Lipinski definition) is 10. The lowest BCUT2D eigenvalue weighted by molar-refractivity contribution is -0.136. The number of imide groups is 2. The summed E-state index contributed by atoms with van der Waals surface area (Å²) in [7, 11) is 0. The van der Waals surface area contributed by atoms with Crippen LogP contribution in [0.15, 0.2) is 79.0 Å². The first kappa shape index (κ1) is 32.5. The highest BCUT2D eigenvalue weighted by molar-refractivity contribution is 6.23. The van der Waals surface area contributed by atoms with E-state index in [1.807, 2.05) is 42.5 Å². The summed E-state index contributed by atoms with van der Waals surface area (Å²) in [6.45, 7) is 4.57. The van der Waals surface area contributed by atoms with Crippen LogP contribution in [-0.2, 0) is 21.6 Å². The summed E-state index contributed by atoms with van der Waals surface area (Å²) < 4.78 is 12.1. The number of fused-ring (bicyclic) bond motifs is 1. The Hall–Kier alpha value is -6.09. The summed E-state index contributed by atoms with van der Waals surface area (Å²) in [4.78, 5) is 59.0. The van der Waals surface area contributed by atoms with Gasteiger partial charge in [0, 0.05) is 42.6 Å². The summed E-state index contributed by atoms with van der Waals surface area (Å²) in [5.41, 5.74) is 3.85. The number of aromatic nitrogens is 2. The fourth-order valence-corrected chi connectivity index (χ4v) is 6.54. The molecule has 1 saturated carbocycles. The third kappa shape index (κ3) is 6.37. The number of ether oxygens (including phenoxy) is 2. The first-order valence-corrected chi connectivity index (χ1v) is 16.4. The molecule has 0 spiro atoms. The van der Waals surface area contributed by atoms with Gasteiger partial charge < -0.3 is 14.8 Å². The molecule has 252 valence electrons. The van der Waals surface area contributed by atoms with E-state index in [0.29, 0.717) is 17.1 Å². The third-order valence-electron chi connectivity index (χ3n) is 9.56. The molecule has 3 aliphatic rings. The average Bonchev–Trinajstić information content (AvgIpc) is 3.35. The molecular formula is C38H34N6O6. The zero-order valence-corrected chi connectivity index (χ0v) is 27.5. The van der Waals surface area contributed by atoms with Gasteiger partial charge in [-0.1, -0.05) is 38.1 Å². The number of benzene rings is 3. The minimum absolute atomic E-state index is 0.0356. The largest absolute Gasteiger partial charge is 0.490 e. The minimum atomic E-state index is -0.989. The SMILES string of the molecule is CC(C)(c1ccc(OCc2ccnc(C#N)n2)cc1)c1ccc(OC2CC(Nc3ccc4c(c3)C(=O)N(C3CCC(=O)NC3=O)C4=O)C2)cc1. The Kier molecular flexibility index (Phi) is 8.49. The van der Waals surface area contributed by atoms with Crippen LogP contribution in [0.3, 0.4) is 0 Å². The number of piperidine rings is 1. The number of anilines is 1. The van der Waals surface area contributed by atoms with Crippen molar-refractivity contribution in [3.05, 3.63) is 113 Å². The number of nitrogens with one attached hydrogen (secondary N) is 2. The van der Waals surface area contributed by atoms with Gasteiger partial charge in [0.1, 0.15) is 36.3 Å². The molecule has 7 rings (SSSR count). The van der Waals surface area contributed by atoms with Crippen molar-refractivity contribution in [2.24, 2.45) is 0 Å². The molecule has 2 N–H and O–H groups in total. The van der Waals surface area contributed by atoms with Crippen molar-refractivity contribution in [2.45, 2.75) is 69.7 Å². The van der Waals surface area contributed by atoms with Crippen LogP contribution in [0.1, 0.15) is 82.9 Å². The van der Waals surface area contributed by atoms with Gasteiger partial charge in [-0.05, 0) is 66.1 Å². The number of nitrogens with zero attached hydrogens (tertiary/aromatic N) is 4. The molecule has 1 aromatic heterocycles. The van der Waals surface area contributed by atoms with Crippen LogP contribution in [0.25, 0.3) is 0 Å². The summed E-state index contributed by atoms with van der Waals surface area (Å²) in [5.74, 6) is -0.471. The summed E-state index contributed by atoms with van der Waals surface area (Å²) >= 11 is 0. The van der Waals surface area contributed by atoms with Crippen molar-refractivity contribution in [1.29, 1.82) is 5.26 Å². The topological polar surface area (TPSA) is 164 Å². The molecule has 3 aromatic carbocycles. The second-order valence-electron chi connectivity index (χ2n) is 13.2. The highest BCUT2D eigenvalue weighted by atomic mass is 16.5. The van der Waals surface area contributed by atoms with Gasteiger partial charge in [0.15, 0.2) is 0 Å². The van der Waals surface area contributed by atoms with Gasteiger partial charge in [0.25, 0.3) is 11.8 Å². The number of carbonyl (C=O) groups excluding carboxylic acids is 4. The van der Waals surface area contributed by atoms with E-state index in [1.165, 1.54) is 0 Å². The van der Waals surface area contributed by atoms with Crippen molar-refractivity contribution in [1.82, 2.24) is 20.2 Å². The Labute approximate surface area is 288 Å². The van der Waals surface area contributed by atoms with E-state index >= 15 is 0 Å². The number of rotatable bonds is 10. The number of amides is 4. The monoisotopic (exact) mass is 670 g/mol. The van der Waals surface area contributed by atoms with Crippen LogP contribution in [0.5, 0.6) is 11.5 Å². The van der Waals surface area contributed by atoms with Gasteiger partial charge in [-0.2, -0.15) is 5.26 Å². The van der Waals surface area contributed by atoms with Crippen molar-refractivity contribution >= 4 is 29.3 Å². The third-order valence-corrected chi connectivity index (χ3v) is 9.56. The van der Waals surface area contributed by atoms with E-state index in [4.69, 9.17) is 14.7 Å². The first-order chi connectivity index (χ1) is 24.1. The first-order valence-electron chi connectivity index (χ1n) is 16.4. The summed E-state index contributed by atoms with van der Waals surface area (Å²) in [6, 6.07) is 23.9. The minimum Gasteiger partial charge on any atom is -0.490 e. The van der Waals surface area contributed by atoms with Crippen LogP contribution in [0.2, 0.25) is 0 Å². The number of nitriles is 1. The van der Waals surface area contributed by atoms with Crippen LogP contribution >= 0.6 is 0 Å². The van der Waals surface area contributed by atoms with Crippen molar-refractivity contribution in [3.63, 3.8) is 0 Å². The average molecular weight is 671 g/mol. The molecule has 4 amide bonds. The Balaban J connectivity index is 0.903. The molecule has 1 atom stereocenters. The molecule has 4 aromatic rings. The number of carbonyl (C=O) groups is 4. The molecule has 12 nitrogen and oxygen atoms in total. The zero-order chi connectivity index (χ0) is 35.0. The predicted octanol–water partition coefficient (Wildman–Crippen LogP) is 4.68. The van der Waals surface area contributed by atoms with E-state index in [2.05, 4.69) is 46.6 Å². The van der Waals surface area contributed by atoms with Gasteiger partial charge in [0.05, 0.1) is 16.8 Å². The highest BCUT2D eigenvalue weighted by Crippen LogP contribution is 2.36. The second kappa shape index (κ2) is 13.1. The fourth-order valence-electron chi connectivity index (χ4n) is 6.54. The normalized spacial score (nSPS) is 20.0. The molecule has 1 unspecified atom stereocenters. The molecule has 1 aliphatic carbocycles. The predicted molar refractivity (Wildman–Crippen MR) is 180 cm³/mol. The molecular weight excluding hydrogens is 636 g/mol. The molecule has 2 aliphatic heterocycles. The Morgan fingerprint density at radius 2 is 1.60 bits per heavy atom. The lowest BCUT2D eigenvalue weighted by Crippen LogP contribution is -2.54. The van der Waals surface area contributed by atoms with Crippen molar-refractivity contribution in [2.75, 3.05) is 5.32 Å². The molecule has 0 radical (unpaired) electrons. The van der Waals surface area contributed by atoms with Gasteiger partial charge >= 0.3 is 0 Å². The molecule has 1 saturated heterocycles. The second-order valence-corrected chi connectivity index (χ2v) is 13.2. The van der Waals surface area contributed by atoms with E-state index in [1.54, 1.807) is 30.5 Å². The van der Waals surface area contributed by atoms with E-state index in [9.17, 15) is 19.2 Å². The van der Waals surface area contributed by atoms with Crippen LogP contribution in [-0.4, -0.2) is 56.7 Å². The molecule has 50 heavy (non-hydrogen) atoms. The van der Waals surface area contributed by atoms with E-state index in [0.717, 1.165) is 34.6 Å². The van der Waals surface area contributed by atoms with Gasteiger partial charge in [-0.3, -0.25) is 29.4 Å². The van der Waals surface area contributed by atoms with E-state index in [-0.39, 0.29) is 54.0 Å². The summed E-state index contributed by atoms with van der Waals surface area (Å²) in [5, 5.41) is 14.6. The fraction of sp³-hybridized carbons (Fsp3) is 0.289. The van der Waals surface area contributed by atoms with Crippen LogP contribution in [0, 0.1) is 11.3 Å². The van der Waals surface area contributed by atoms with Gasteiger partial charge in [0.2, 0.25) is 17.6 Å². The smallest absolute Gasteiger partial charge is 0.262 e. The highest BCUT2D eigenvalue weighted by Gasteiger charge is 2.44. The maximum atomic E-state index is 13.2. The lowest BCUT2D eigenvalue weighted by atomic mass is 9.78. The molecule has 3 heterocycles. The standard InChI is InChI=1S/C38H34N6O6/c1-38(2,22-3-8-27(9-4-22)49-21-25-15-16-40-33(20-39)42-25)23-5-10-28(11-6-23)50-29-17-26(18-29)41-24-7-12-30-31(19-24)37(48)44(36(30)47)32-13-14-34(45)43-35(32)46/h3-12,15-16,19,26,29,32,41H,13-14,17-18,21H2,1-2H3,(H,43,45,46). The van der Waals surface area contributed by atoms with Gasteiger partial charge in [-0.25, -0.2) is 9.97 Å². The van der Waals surface area contributed by atoms with Crippen LogP contribution in [0.4, 0.5) is 5.69 Å². The molecule has 0 bridgehead atoms. The van der Waals surface area contributed by atoms with Crippen molar-refractivity contribution in [3.8, 4) is 17.6 Å². The van der Waals surface area contributed by atoms with E-state index < -0.39 is 29.7 Å². The lowest BCUT2D eigenvalue weighted by Gasteiger charge is -2.36. The Bertz CT molecular complexity index is 2030. The van der Waals surface area contributed by atoms with Crippen molar-refractivity contribution < 1.29 is 28.7 Å². The number of hydrogen-bond donors (Lipinski definition) is 2. The molecule has 12 heteroatoms. The summed E-state index contributed by atoms with van der Waals surface area (Å²) in [6.07, 6.45) is 3.32. The molecule has 2 fully saturated rings. The Morgan fingerprint density at radius 3 is 2.28 bits per heavy atom. The van der Waals surface area contributed by atoms with Gasteiger partial charge in [-0.15, -0.1) is 0 Å². The Morgan fingerprint density at radius 1 is 0.920 bits per heavy atom.